The molecule has 17 nitrogen and oxygen atoms in total. The van der Waals surface area contributed by atoms with Crippen LogP contribution in [0.2, 0.25) is 0 Å². The number of allylic oxidation sites excluding steroid dienone is 30. The molecule has 0 rings (SSSR count). The Morgan fingerprint density at radius 3 is 0.745 bits per heavy atom. The van der Waals surface area contributed by atoms with Gasteiger partial charge < -0.3 is 33.8 Å². The number of hydrogen-bond acceptors (Lipinski definition) is 15. The number of carbonyl (C=O) groups excluding carboxylic acids is 4. The molecule has 5 unspecified atom stereocenters. The van der Waals surface area contributed by atoms with Gasteiger partial charge in [-0.25, -0.2) is 9.13 Å². The number of phosphoric ester groups is 2. The van der Waals surface area contributed by atoms with Crippen molar-refractivity contribution in [1.82, 2.24) is 0 Å². The molecule has 624 valence electrons. The van der Waals surface area contributed by atoms with Crippen LogP contribution in [0, 0.1) is 0 Å². The highest BCUT2D eigenvalue weighted by atomic mass is 31.2. The van der Waals surface area contributed by atoms with E-state index >= 15 is 0 Å². The fourth-order valence-corrected chi connectivity index (χ4v) is 12.1. The third kappa shape index (κ3) is 80.2. The molecule has 0 spiro atoms. The number of unbranched alkanes of at least 4 members (excludes halogenated alkanes) is 21. The molecule has 0 amide bonds. The lowest BCUT2D eigenvalue weighted by Gasteiger charge is -2.21. The van der Waals surface area contributed by atoms with E-state index in [9.17, 15) is 43.2 Å². The summed E-state index contributed by atoms with van der Waals surface area (Å²) < 4.78 is 68.7. The van der Waals surface area contributed by atoms with E-state index in [0.29, 0.717) is 25.7 Å². The Morgan fingerprint density at radius 2 is 0.473 bits per heavy atom. The monoisotopic (exact) mass is 1580 g/mol. The zero-order valence-electron chi connectivity index (χ0n) is 68.4. The first-order chi connectivity index (χ1) is 53.7. The van der Waals surface area contributed by atoms with Gasteiger partial charge in [-0.3, -0.25) is 37.3 Å². The molecule has 5 atom stereocenters. The first-order valence-corrected chi connectivity index (χ1v) is 45.0. The maximum atomic E-state index is 13.1. The lowest BCUT2D eigenvalue weighted by atomic mass is 10.1. The Hall–Kier alpha value is -5.84. The van der Waals surface area contributed by atoms with Gasteiger partial charge in [-0.15, -0.1) is 0 Å². The highest BCUT2D eigenvalue weighted by molar-refractivity contribution is 7.47. The number of phosphoric acid groups is 2. The molecule has 0 aliphatic heterocycles. The standard InChI is InChI=1S/C91H148O17P2/c1-5-9-13-17-21-25-29-33-36-39-42-45-48-52-55-59-63-67-71-75-88(93)101-81-86(107-90(95)77-73-69-65-61-57-51-32-28-24-20-16-12-8-4)83-105-109(97,98)103-79-85(92)80-104-110(99,100)106-84-87(108-91(96)78-74-70-66-62-58-54-50-47-44-41-38-35-31-27-23-19-15-11-7-3)82-102-89(94)76-72-68-64-60-56-53-49-46-43-40-37-34-30-26-22-18-14-10-6-2/h9-11,13-15,21-23,25-28,32-38,42-47,53-54,56,58,85-87,92H,5-8,12,16-20,24,29-31,39-41,48-52,55,57,59-84H2,1-4H3,(H,97,98)(H,99,100)/b13-9-,14-10-,15-11-,25-21-,26-22-,27-23-,32-28-,36-33-,37-34-,38-35-,45-42-,46-43-,47-44-,56-53-,58-54-. The summed E-state index contributed by atoms with van der Waals surface area (Å²) in [6, 6.07) is 0. The molecule has 0 fully saturated rings. The fourth-order valence-electron chi connectivity index (χ4n) is 10.6. The van der Waals surface area contributed by atoms with Crippen molar-refractivity contribution in [1.29, 1.82) is 0 Å². The maximum absolute atomic E-state index is 13.1. The minimum atomic E-state index is -5.01. The fraction of sp³-hybridized carbons (Fsp3) is 0.626. The second kappa shape index (κ2) is 81.2. The summed E-state index contributed by atoms with van der Waals surface area (Å²) in [6.45, 7) is 4.42. The SMILES string of the molecule is CC/C=C\C/C=C\C/C=C\C/C=C\C/C=C\CCCCCC(=O)OCC(COP(=O)(O)OCC(O)COP(=O)(O)OCC(COC(=O)CCCCCCCC/C=C\C/C=C\C/C=C\C/C=C\CC)OC(=O)CCCCCCC/C=C\CCCCCC)OC(=O)CCCCC/C=C\C/C=C\C/C=C\C/C=C\C/C=C\CC. The second-order valence-corrected chi connectivity index (χ2v) is 30.2. The number of esters is 4. The average molecular weight is 1580 g/mol. The van der Waals surface area contributed by atoms with Gasteiger partial charge in [-0.05, 0) is 180 Å². The van der Waals surface area contributed by atoms with Gasteiger partial charge in [0.1, 0.15) is 19.3 Å². The predicted octanol–water partition coefficient (Wildman–Crippen LogP) is 25.1. The first-order valence-electron chi connectivity index (χ1n) is 42.0. The molecule has 0 aromatic carbocycles. The van der Waals surface area contributed by atoms with E-state index < -0.39 is 97.5 Å². The van der Waals surface area contributed by atoms with Crippen LogP contribution in [0.5, 0.6) is 0 Å². The van der Waals surface area contributed by atoms with Gasteiger partial charge in [0.25, 0.3) is 0 Å². The van der Waals surface area contributed by atoms with Crippen LogP contribution < -0.4 is 0 Å². The van der Waals surface area contributed by atoms with E-state index in [2.05, 4.69) is 210 Å². The minimum Gasteiger partial charge on any atom is -0.462 e. The smallest absolute Gasteiger partial charge is 0.462 e. The normalized spacial score (nSPS) is 14.7. The van der Waals surface area contributed by atoms with Crippen LogP contribution in [-0.4, -0.2) is 96.7 Å². The van der Waals surface area contributed by atoms with E-state index in [4.69, 9.17) is 37.0 Å². The molecule has 0 aromatic rings. The van der Waals surface area contributed by atoms with E-state index in [-0.39, 0.29) is 25.7 Å². The number of rotatable bonds is 77. The maximum Gasteiger partial charge on any atom is 0.472 e. The number of carbonyl (C=O) groups is 4. The molecular weight excluding hydrogens is 1430 g/mol. The van der Waals surface area contributed by atoms with E-state index in [0.717, 1.165) is 205 Å². The van der Waals surface area contributed by atoms with E-state index in [1.165, 1.54) is 25.7 Å². The summed E-state index contributed by atoms with van der Waals surface area (Å²) in [6.07, 6.45) is 98.6. The van der Waals surface area contributed by atoms with Gasteiger partial charge in [0, 0.05) is 25.7 Å². The summed E-state index contributed by atoms with van der Waals surface area (Å²) in [5, 5.41) is 10.7. The Bertz CT molecular complexity index is 2800. The van der Waals surface area contributed by atoms with Crippen molar-refractivity contribution in [2.24, 2.45) is 0 Å². The van der Waals surface area contributed by atoms with Crippen LogP contribution in [0.1, 0.15) is 310 Å². The predicted molar refractivity (Wildman–Crippen MR) is 454 cm³/mol. The molecule has 0 radical (unpaired) electrons. The minimum absolute atomic E-state index is 0.0408. The Labute approximate surface area is 666 Å². The highest BCUT2D eigenvalue weighted by Crippen LogP contribution is 2.45. The summed E-state index contributed by atoms with van der Waals surface area (Å²) >= 11 is 0. The van der Waals surface area contributed by atoms with Crippen LogP contribution in [0.15, 0.2) is 182 Å². The van der Waals surface area contributed by atoms with Crippen molar-refractivity contribution < 1.29 is 80.2 Å². The van der Waals surface area contributed by atoms with Crippen molar-refractivity contribution in [3.8, 4) is 0 Å². The molecule has 3 N–H and O–H groups in total. The van der Waals surface area contributed by atoms with Gasteiger partial charge in [0.2, 0.25) is 0 Å². The quantitative estimate of drug-likeness (QED) is 0.0169. The van der Waals surface area contributed by atoms with Gasteiger partial charge in [-0.2, -0.15) is 0 Å². The molecule has 0 aromatic heterocycles. The van der Waals surface area contributed by atoms with Crippen LogP contribution in [0.3, 0.4) is 0 Å². The van der Waals surface area contributed by atoms with Gasteiger partial charge in [-0.1, -0.05) is 287 Å². The van der Waals surface area contributed by atoms with Crippen molar-refractivity contribution in [3.63, 3.8) is 0 Å². The Morgan fingerprint density at radius 1 is 0.264 bits per heavy atom. The van der Waals surface area contributed by atoms with Crippen LogP contribution in [0.25, 0.3) is 0 Å². The number of hydrogen-bond donors (Lipinski definition) is 3. The molecular formula is C91H148O17P2. The molecule has 0 heterocycles. The molecule has 0 aliphatic rings. The zero-order valence-corrected chi connectivity index (χ0v) is 70.1. The van der Waals surface area contributed by atoms with Gasteiger partial charge >= 0.3 is 39.5 Å². The van der Waals surface area contributed by atoms with E-state index in [1.807, 2.05) is 0 Å². The average Bonchev–Trinajstić information content (AvgIpc) is 0.900. The highest BCUT2D eigenvalue weighted by Gasteiger charge is 2.30. The van der Waals surface area contributed by atoms with Crippen molar-refractivity contribution >= 4 is 39.5 Å². The summed E-state index contributed by atoms with van der Waals surface area (Å²) in [5.74, 6) is -2.28. The lowest BCUT2D eigenvalue weighted by molar-refractivity contribution is -0.161. The van der Waals surface area contributed by atoms with Gasteiger partial charge in [0.05, 0.1) is 26.4 Å². The largest absolute Gasteiger partial charge is 0.472 e. The van der Waals surface area contributed by atoms with Crippen LogP contribution in [-0.2, 0) is 65.4 Å². The van der Waals surface area contributed by atoms with Crippen molar-refractivity contribution in [2.45, 2.75) is 329 Å². The summed E-state index contributed by atoms with van der Waals surface area (Å²) in [7, 11) is -10.0. The van der Waals surface area contributed by atoms with Gasteiger partial charge in [0.15, 0.2) is 12.2 Å². The Kier molecular flexibility index (Phi) is 76.9. The lowest BCUT2D eigenvalue weighted by Crippen LogP contribution is -2.30. The molecule has 19 heteroatoms. The number of aliphatic hydroxyl groups excluding tert-OH is 1. The Balaban J connectivity index is 5.46. The van der Waals surface area contributed by atoms with Crippen LogP contribution >= 0.6 is 15.6 Å². The number of aliphatic hydroxyl groups is 1. The van der Waals surface area contributed by atoms with Crippen molar-refractivity contribution in [2.75, 3.05) is 39.6 Å². The third-order valence-electron chi connectivity index (χ3n) is 16.8. The van der Waals surface area contributed by atoms with E-state index in [1.54, 1.807) is 0 Å². The molecule has 110 heavy (non-hydrogen) atoms. The first kappa shape index (κ1) is 104. The summed E-state index contributed by atoms with van der Waals surface area (Å²) in [4.78, 5) is 73.2. The molecule has 0 saturated heterocycles. The third-order valence-corrected chi connectivity index (χ3v) is 18.7. The number of ether oxygens (including phenoxy) is 4. The summed E-state index contributed by atoms with van der Waals surface area (Å²) in [5.41, 5.74) is 0. The topological polar surface area (TPSA) is 237 Å². The zero-order chi connectivity index (χ0) is 80.3. The second-order valence-electron chi connectivity index (χ2n) is 27.3. The van der Waals surface area contributed by atoms with Crippen LogP contribution in [0.4, 0.5) is 0 Å². The molecule has 0 aliphatic carbocycles. The molecule has 0 bridgehead atoms. The van der Waals surface area contributed by atoms with Crippen molar-refractivity contribution in [3.05, 3.63) is 182 Å². The molecule has 0 saturated carbocycles.